The summed E-state index contributed by atoms with van der Waals surface area (Å²) in [6.45, 7) is 5.45. The normalized spacial score (nSPS) is 16.7. The van der Waals surface area contributed by atoms with Crippen molar-refractivity contribution in [3.63, 3.8) is 0 Å². The number of rotatable bonds is 4. The summed E-state index contributed by atoms with van der Waals surface area (Å²) in [4.78, 5) is 8.93. The Kier molecular flexibility index (Phi) is 5.80. The lowest BCUT2D eigenvalue weighted by molar-refractivity contribution is 0.121. The van der Waals surface area contributed by atoms with Gasteiger partial charge in [0.15, 0.2) is 0 Å². The average Bonchev–Trinajstić information content (AvgIpc) is 2.54. The lowest BCUT2D eigenvalue weighted by Crippen LogP contribution is -2.45. The van der Waals surface area contributed by atoms with Gasteiger partial charge in [0.2, 0.25) is 0 Å². The standard InChI is InChI=1S/C17H18Br2FN3/c18-15-8-13(9-21-10-15)11-22-4-6-23(7-5-22)12-14-2-1-3-16(19)17(14)20/h1-3,8-10H,4-7,11-12H2. The Balaban J connectivity index is 1.53. The Bertz CT molecular complexity index is 673. The number of hydrogen-bond donors (Lipinski definition) is 0. The van der Waals surface area contributed by atoms with Gasteiger partial charge in [-0.3, -0.25) is 14.8 Å². The van der Waals surface area contributed by atoms with Gasteiger partial charge in [0.1, 0.15) is 5.82 Å². The van der Waals surface area contributed by atoms with Crippen molar-refractivity contribution >= 4 is 31.9 Å². The number of hydrogen-bond acceptors (Lipinski definition) is 3. The summed E-state index contributed by atoms with van der Waals surface area (Å²) in [5.74, 6) is -0.143. The zero-order valence-corrected chi connectivity index (χ0v) is 15.9. The lowest BCUT2D eigenvalue weighted by Gasteiger charge is -2.34. The quantitative estimate of drug-likeness (QED) is 0.711. The number of nitrogens with zero attached hydrogens (tertiary/aromatic N) is 3. The Labute approximate surface area is 152 Å². The van der Waals surface area contributed by atoms with E-state index in [0.717, 1.165) is 42.8 Å². The van der Waals surface area contributed by atoms with Crippen LogP contribution in [-0.2, 0) is 13.1 Å². The predicted octanol–water partition coefficient (Wildman–Crippen LogP) is 4.06. The molecule has 0 unspecified atom stereocenters. The Hall–Kier alpha value is -0.820. The van der Waals surface area contributed by atoms with Crippen molar-refractivity contribution in [2.75, 3.05) is 26.2 Å². The van der Waals surface area contributed by atoms with E-state index in [1.807, 2.05) is 18.3 Å². The fourth-order valence-electron chi connectivity index (χ4n) is 2.82. The van der Waals surface area contributed by atoms with Gasteiger partial charge in [-0.15, -0.1) is 0 Å². The lowest BCUT2D eigenvalue weighted by atomic mass is 10.1. The molecule has 3 nitrogen and oxygen atoms in total. The van der Waals surface area contributed by atoms with Gasteiger partial charge < -0.3 is 0 Å². The third-order valence-corrected chi connectivity index (χ3v) is 5.10. The third kappa shape index (κ3) is 4.59. The first-order valence-corrected chi connectivity index (χ1v) is 9.17. The van der Waals surface area contributed by atoms with Crippen LogP contribution in [0.1, 0.15) is 11.1 Å². The van der Waals surface area contributed by atoms with E-state index in [1.165, 1.54) is 5.56 Å². The summed E-state index contributed by atoms with van der Waals surface area (Å²) in [6, 6.07) is 7.59. The first-order chi connectivity index (χ1) is 11.1. The summed E-state index contributed by atoms with van der Waals surface area (Å²) in [5, 5.41) is 0. The molecular formula is C17H18Br2FN3. The fourth-order valence-corrected chi connectivity index (χ4v) is 3.64. The molecule has 2 heterocycles. The van der Waals surface area contributed by atoms with Gasteiger partial charge in [-0.05, 0) is 49.6 Å². The highest BCUT2D eigenvalue weighted by molar-refractivity contribution is 9.10. The van der Waals surface area contributed by atoms with E-state index in [9.17, 15) is 4.39 Å². The molecule has 23 heavy (non-hydrogen) atoms. The fraction of sp³-hybridized carbons (Fsp3) is 0.353. The van der Waals surface area contributed by atoms with Gasteiger partial charge in [-0.1, -0.05) is 12.1 Å². The summed E-state index contributed by atoms with van der Waals surface area (Å²) in [5.41, 5.74) is 1.97. The second kappa shape index (κ2) is 7.83. The number of aromatic nitrogens is 1. The van der Waals surface area contributed by atoms with Crippen LogP contribution in [0.15, 0.2) is 45.6 Å². The predicted molar refractivity (Wildman–Crippen MR) is 96.6 cm³/mol. The second-order valence-corrected chi connectivity index (χ2v) is 7.55. The molecule has 1 aliphatic rings. The van der Waals surface area contributed by atoms with Crippen LogP contribution in [0.3, 0.4) is 0 Å². The summed E-state index contributed by atoms with van der Waals surface area (Å²) in [6.07, 6.45) is 3.71. The Morgan fingerprint density at radius 3 is 2.39 bits per heavy atom. The van der Waals surface area contributed by atoms with Crippen LogP contribution in [0.5, 0.6) is 0 Å². The zero-order valence-electron chi connectivity index (χ0n) is 12.7. The highest BCUT2D eigenvalue weighted by Crippen LogP contribution is 2.20. The summed E-state index contributed by atoms with van der Waals surface area (Å²) < 4.78 is 15.6. The van der Waals surface area contributed by atoms with Gasteiger partial charge in [0, 0.05) is 61.7 Å². The van der Waals surface area contributed by atoms with Gasteiger partial charge in [0.05, 0.1) is 4.47 Å². The van der Waals surface area contributed by atoms with Crippen LogP contribution in [0.25, 0.3) is 0 Å². The maximum atomic E-state index is 14.1. The average molecular weight is 443 g/mol. The topological polar surface area (TPSA) is 19.4 Å². The molecule has 1 aromatic carbocycles. The molecule has 2 aromatic rings. The van der Waals surface area contributed by atoms with Gasteiger partial charge in [-0.2, -0.15) is 0 Å². The molecule has 0 bridgehead atoms. The van der Waals surface area contributed by atoms with E-state index < -0.39 is 0 Å². The van der Waals surface area contributed by atoms with E-state index in [1.54, 1.807) is 12.3 Å². The van der Waals surface area contributed by atoms with Crippen molar-refractivity contribution in [2.24, 2.45) is 0 Å². The van der Waals surface area contributed by atoms with E-state index in [4.69, 9.17) is 0 Å². The van der Waals surface area contributed by atoms with Crippen LogP contribution >= 0.6 is 31.9 Å². The smallest absolute Gasteiger partial charge is 0.141 e. The molecule has 0 N–H and O–H groups in total. The van der Waals surface area contributed by atoms with Crippen molar-refractivity contribution < 1.29 is 4.39 Å². The molecule has 0 amide bonds. The van der Waals surface area contributed by atoms with Crippen LogP contribution < -0.4 is 0 Å². The zero-order chi connectivity index (χ0) is 16.2. The van der Waals surface area contributed by atoms with E-state index in [-0.39, 0.29) is 5.82 Å². The van der Waals surface area contributed by atoms with Gasteiger partial charge >= 0.3 is 0 Å². The molecule has 0 atom stereocenters. The third-order valence-electron chi connectivity index (χ3n) is 4.06. The minimum Gasteiger partial charge on any atom is -0.296 e. The van der Waals surface area contributed by atoms with Gasteiger partial charge in [-0.25, -0.2) is 4.39 Å². The molecule has 1 aromatic heterocycles. The highest BCUT2D eigenvalue weighted by atomic mass is 79.9. The van der Waals surface area contributed by atoms with Crippen LogP contribution in [0.4, 0.5) is 4.39 Å². The maximum absolute atomic E-state index is 14.1. The summed E-state index contributed by atoms with van der Waals surface area (Å²) in [7, 11) is 0. The number of benzene rings is 1. The Morgan fingerprint density at radius 1 is 1.00 bits per heavy atom. The minimum atomic E-state index is -0.143. The highest BCUT2D eigenvalue weighted by Gasteiger charge is 2.18. The molecule has 122 valence electrons. The summed E-state index contributed by atoms with van der Waals surface area (Å²) >= 11 is 6.71. The first kappa shape index (κ1) is 17.0. The monoisotopic (exact) mass is 441 g/mol. The second-order valence-electron chi connectivity index (χ2n) is 5.78. The molecule has 3 rings (SSSR count). The number of pyridine rings is 1. The van der Waals surface area contributed by atoms with Crippen LogP contribution in [-0.4, -0.2) is 41.0 Å². The van der Waals surface area contributed by atoms with Crippen molar-refractivity contribution in [1.82, 2.24) is 14.8 Å². The maximum Gasteiger partial charge on any atom is 0.141 e. The molecule has 0 radical (unpaired) electrons. The van der Waals surface area contributed by atoms with Crippen LogP contribution in [0.2, 0.25) is 0 Å². The van der Waals surface area contributed by atoms with E-state index in [2.05, 4.69) is 52.7 Å². The molecule has 1 saturated heterocycles. The van der Waals surface area contributed by atoms with Crippen LogP contribution in [0, 0.1) is 5.82 Å². The molecule has 1 aliphatic heterocycles. The van der Waals surface area contributed by atoms with Crippen molar-refractivity contribution in [3.8, 4) is 0 Å². The van der Waals surface area contributed by atoms with Crippen molar-refractivity contribution in [3.05, 3.63) is 62.5 Å². The minimum absolute atomic E-state index is 0.143. The van der Waals surface area contributed by atoms with E-state index >= 15 is 0 Å². The number of piperazine rings is 1. The van der Waals surface area contributed by atoms with E-state index in [0.29, 0.717) is 11.0 Å². The molecule has 0 aliphatic carbocycles. The molecule has 0 saturated carbocycles. The van der Waals surface area contributed by atoms with Gasteiger partial charge in [0.25, 0.3) is 0 Å². The van der Waals surface area contributed by atoms with Crippen molar-refractivity contribution in [2.45, 2.75) is 13.1 Å². The SMILES string of the molecule is Fc1c(Br)cccc1CN1CCN(Cc2cncc(Br)c2)CC1. The van der Waals surface area contributed by atoms with Crippen molar-refractivity contribution in [1.29, 1.82) is 0 Å². The number of halogens is 3. The largest absolute Gasteiger partial charge is 0.296 e. The first-order valence-electron chi connectivity index (χ1n) is 7.59. The molecular weight excluding hydrogens is 425 g/mol. The molecule has 1 fully saturated rings. The molecule has 0 spiro atoms. The Morgan fingerprint density at radius 2 is 1.70 bits per heavy atom. The molecule has 6 heteroatoms.